The zero-order valence-corrected chi connectivity index (χ0v) is 28.4. The molecule has 3 aromatic rings. The fourth-order valence-electron chi connectivity index (χ4n) is 8.73. The van der Waals surface area contributed by atoms with Crippen LogP contribution in [0.4, 0.5) is 0 Å². The predicted octanol–water partition coefficient (Wildman–Crippen LogP) is 12.1. The van der Waals surface area contributed by atoms with Gasteiger partial charge in [0.2, 0.25) is 0 Å². The smallest absolute Gasteiger partial charge is 0.0322 e. The van der Waals surface area contributed by atoms with Gasteiger partial charge in [0.25, 0.3) is 0 Å². The second-order valence-corrected chi connectivity index (χ2v) is 14.3. The molecule has 8 rings (SSSR count). The second kappa shape index (κ2) is 13.6. The highest BCUT2D eigenvalue weighted by atomic mass is 14.9. The molecule has 1 nitrogen and oxygen atoms in total. The van der Waals surface area contributed by atoms with Crippen molar-refractivity contribution in [2.45, 2.75) is 64.3 Å². The number of rotatable bonds is 7. The monoisotopic (exact) mass is 625 g/mol. The Morgan fingerprint density at radius 3 is 2.31 bits per heavy atom. The van der Waals surface area contributed by atoms with Crippen LogP contribution in [0.2, 0.25) is 0 Å². The summed E-state index contributed by atoms with van der Waals surface area (Å²) < 4.78 is 0. The molecule has 0 fully saturated rings. The molecule has 0 spiro atoms. The van der Waals surface area contributed by atoms with Gasteiger partial charge in [-0.05, 0) is 124 Å². The number of hydrogen-bond acceptors (Lipinski definition) is 1. The first-order valence-corrected chi connectivity index (χ1v) is 18.2. The van der Waals surface area contributed by atoms with Crippen LogP contribution in [0, 0.1) is 11.8 Å². The van der Waals surface area contributed by atoms with E-state index in [9.17, 15) is 0 Å². The highest BCUT2D eigenvalue weighted by molar-refractivity contribution is 6.16. The Kier molecular flexibility index (Phi) is 8.72. The lowest BCUT2D eigenvalue weighted by Gasteiger charge is -2.35. The van der Waals surface area contributed by atoms with E-state index in [4.69, 9.17) is 0 Å². The van der Waals surface area contributed by atoms with Gasteiger partial charge in [-0.2, -0.15) is 0 Å². The molecule has 0 radical (unpaired) electrons. The summed E-state index contributed by atoms with van der Waals surface area (Å²) in [6, 6.07) is 18.8. The average molecular weight is 626 g/mol. The molecule has 240 valence electrons. The van der Waals surface area contributed by atoms with Crippen molar-refractivity contribution >= 4 is 32.7 Å². The third-order valence-electron chi connectivity index (χ3n) is 11.1. The first-order chi connectivity index (χ1) is 23.7. The van der Waals surface area contributed by atoms with Crippen molar-refractivity contribution in [2.75, 3.05) is 6.54 Å². The molecule has 0 saturated heterocycles. The second-order valence-electron chi connectivity index (χ2n) is 14.3. The largest absolute Gasteiger partial charge is 0.309 e. The maximum Gasteiger partial charge on any atom is 0.0322 e. The Bertz CT molecular complexity index is 2010. The van der Waals surface area contributed by atoms with Gasteiger partial charge in [-0.25, -0.2) is 0 Å². The Morgan fingerprint density at radius 2 is 1.60 bits per heavy atom. The fourth-order valence-corrected chi connectivity index (χ4v) is 8.73. The summed E-state index contributed by atoms with van der Waals surface area (Å²) in [5.41, 5.74) is 13.0. The van der Waals surface area contributed by atoms with Crippen LogP contribution in [0.1, 0.15) is 69.4 Å². The predicted molar refractivity (Wildman–Crippen MR) is 208 cm³/mol. The summed E-state index contributed by atoms with van der Waals surface area (Å²) in [6.07, 6.45) is 37.1. The van der Waals surface area contributed by atoms with Crippen molar-refractivity contribution in [3.63, 3.8) is 0 Å². The van der Waals surface area contributed by atoms with Crippen LogP contribution >= 0.6 is 0 Å². The molecule has 0 saturated carbocycles. The summed E-state index contributed by atoms with van der Waals surface area (Å²) in [5.74, 6) is 0.935. The van der Waals surface area contributed by atoms with Crippen molar-refractivity contribution in [1.82, 2.24) is 5.32 Å². The molecule has 1 N–H and O–H groups in total. The lowest BCUT2D eigenvalue weighted by atomic mass is 9.76. The number of fused-ring (bicyclic) bond motifs is 2. The molecule has 3 aromatic carbocycles. The molecule has 3 atom stereocenters. The number of allylic oxidation sites excluding steroid dienone is 15. The molecule has 1 aliphatic heterocycles. The summed E-state index contributed by atoms with van der Waals surface area (Å²) in [4.78, 5) is 0. The van der Waals surface area contributed by atoms with E-state index in [1.165, 1.54) is 73.4 Å². The normalized spacial score (nSPS) is 24.6. The van der Waals surface area contributed by atoms with Gasteiger partial charge in [0.1, 0.15) is 0 Å². The van der Waals surface area contributed by atoms with E-state index in [1.54, 1.807) is 11.1 Å². The standard InChI is InChI=1S/C47H47N/c1-32(2)26-28-39(34-14-4-3-5-15-34)47-43-23-10-8-21-41(43)46(42-22-9-11-24-44(42)47)36-19-12-18-35(30-36)37-27-29-45(48-31-37)40-25-13-17-33-16-6-7-20-38(33)40/h3-5,7-11,13-14,17-18,20-24,27,29-30,37,40,45,48H,1,6,12,15-16,19,25-26,28,31H2,2H3/b39-34+. The maximum atomic E-state index is 4.27. The molecular formula is C47H47N. The summed E-state index contributed by atoms with van der Waals surface area (Å²) >= 11 is 0. The van der Waals surface area contributed by atoms with Crippen molar-refractivity contribution in [3.05, 3.63) is 167 Å². The summed E-state index contributed by atoms with van der Waals surface area (Å²) in [7, 11) is 0. The van der Waals surface area contributed by atoms with Crippen LogP contribution in [-0.4, -0.2) is 12.6 Å². The highest BCUT2D eigenvalue weighted by Crippen LogP contribution is 2.45. The van der Waals surface area contributed by atoms with E-state index in [0.29, 0.717) is 17.9 Å². The number of nitrogens with one attached hydrogen (secondary N) is 1. The maximum absolute atomic E-state index is 4.27. The van der Waals surface area contributed by atoms with Gasteiger partial charge in [-0.3, -0.25) is 0 Å². The topological polar surface area (TPSA) is 12.0 Å². The Labute approximate surface area is 286 Å². The van der Waals surface area contributed by atoms with Gasteiger partial charge < -0.3 is 5.32 Å². The Balaban J connectivity index is 1.18. The molecule has 0 amide bonds. The molecular weight excluding hydrogens is 579 g/mol. The molecule has 0 bridgehead atoms. The van der Waals surface area contributed by atoms with Gasteiger partial charge in [-0.15, -0.1) is 6.58 Å². The molecule has 1 heteroatoms. The number of benzene rings is 3. The minimum absolute atomic E-state index is 0.396. The molecule has 0 aromatic heterocycles. The third-order valence-corrected chi connectivity index (χ3v) is 11.1. The van der Waals surface area contributed by atoms with Crippen LogP contribution in [-0.2, 0) is 0 Å². The lowest BCUT2D eigenvalue weighted by Crippen LogP contribution is -2.42. The van der Waals surface area contributed by atoms with Crippen LogP contribution < -0.4 is 5.32 Å². The molecule has 3 unspecified atom stereocenters. The fraction of sp³-hybridized carbons (Fsp3) is 0.277. The molecule has 4 aliphatic carbocycles. The highest BCUT2D eigenvalue weighted by Gasteiger charge is 2.29. The van der Waals surface area contributed by atoms with Crippen molar-refractivity contribution < 1.29 is 0 Å². The van der Waals surface area contributed by atoms with Crippen LogP contribution in [0.15, 0.2) is 156 Å². The van der Waals surface area contributed by atoms with Gasteiger partial charge >= 0.3 is 0 Å². The first kappa shape index (κ1) is 30.8. The van der Waals surface area contributed by atoms with Crippen molar-refractivity contribution in [2.24, 2.45) is 11.8 Å². The van der Waals surface area contributed by atoms with E-state index in [0.717, 1.165) is 45.1 Å². The first-order valence-electron chi connectivity index (χ1n) is 18.2. The van der Waals surface area contributed by atoms with Crippen molar-refractivity contribution in [3.8, 4) is 0 Å². The van der Waals surface area contributed by atoms with E-state index < -0.39 is 0 Å². The van der Waals surface area contributed by atoms with Gasteiger partial charge in [0.05, 0.1) is 0 Å². The van der Waals surface area contributed by atoms with Crippen LogP contribution in [0.3, 0.4) is 0 Å². The Morgan fingerprint density at radius 1 is 0.812 bits per heavy atom. The zero-order valence-electron chi connectivity index (χ0n) is 28.4. The lowest BCUT2D eigenvalue weighted by molar-refractivity contribution is 0.423. The van der Waals surface area contributed by atoms with Crippen LogP contribution in [0.25, 0.3) is 32.7 Å². The zero-order chi connectivity index (χ0) is 32.5. The molecule has 48 heavy (non-hydrogen) atoms. The van der Waals surface area contributed by atoms with E-state index >= 15 is 0 Å². The Hall–Kier alpha value is -4.46. The average Bonchev–Trinajstić information content (AvgIpc) is 3.15. The van der Waals surface area contributed by atoms with Gasteiger partial charge in [0.15, 0.2) is 0 Å². The van der Waals surface area contributed by atoms with Gasteiger partial charge in [0, 0.05) is 24.4 Å². The van der Waals surface area contributed by atoms with E-state index in [2.05, 4.69) is 140 Å². The molecule has 5 aliphatic rings. The minimum atomic E-state index is 0.396. The quantitative estimate of drug-likeness (QED) is 0.203. The summed E-state index contributed by atoms with van der Waals surface area (Å²) in [6.45, 7) is 7.42. The number of hydrogen-bond donors (Lipinski definition) is 1. The van der Waals surface area contributed by atoms with Crippen LogP contribution in [0.5, 0.6) is 0 Å². The molecule has 1 heterocycles. The van der Waals surface area contributed by atoms with Gasteiger partial charge in [-0.1, -0.05) is 127 Å². The third kappa shape index (κ3) is 5.90. The minimum Gasteiger partial charge on any atom is -0.309 e. The van der Waals surface area contributed by atoms with E-state index in [-0.39, 0.29) is 0 Å². The summed E-state index contributed by atoms with van der Waals surface area (Å²) in [5, 5.41) is 9.44. The SMILES string of the molecule is C=C(C)CC/C(=C1/C=CC=CC1)c1c2ccccc2c(C2=CC(C3C=CC(C4CC=CC5=C4C=CCC5)NC3)=CCC2)c2ccccc12. The van der Waals surface area contributed by atoms with E-state index in [1.807, 2.05) is 0 Å². The van der Waals surface area contributed by atoms with Crippen molar-refractivity contribution in [1.29, 1.82) is 0 Å².